The first-order chi connectivity index (χ1) is 12.5. The molecule has 1 aliphatic rings. The molecule has 1 unspecified atom stereocenters. The van der Waals surface area contributed by atoms with Crippen molar-refractivity contribution < 1.29 is 8.42 Å². The highest BCUT2D eigenvalue weighted by Crippen LogP contribution is 2.11. The van der Waals surface area contributed by atoms with Crippen molar-refractivity contribution >= 4 is 15.8 Å². The van der Waals surface area contributed by atoms with E-state index in [9.17, 15) is 8.42 Å². The van der Waals surface area contributed by atoms with E-state index >= 15 is 0 Å². The van der Waals surface area contributed by atoms with Crippen LogP contribution in [0.15, 0.2) is 48.0 Å². The van der Waals surface area contributed by atoms with Crippen molar-refractivity contribution in [1.82, 2.24) is 20.2 Å². The van der Waals surface area contributed by atoms with E-state index in [1.807, 2.05) is 17.7 Å². The summed E-state index contributed by atoms with van der Waals surface area (Å²) in [7, 11) is -2.90. The second kappa shape index (κ2) is 8.35. The van der Waals surface area contributed by atoms with Crippen LogP contribution in [0.2, 0.25) is 0 Å². The molecule has 1 aromatic carbocycles. The maximum Gasteiger partial charge on any atom is 0.191 e. The second-order valence-electron chi connectivity index (χ2n) is 6.49. The van der Waals surface area contributed by atoms with E-state index < -0.39 is 9.84 Å². The molecule has 0 bridgehead atoms. The quantitative estimate of drug-likeness (QED) is 0.585. The van der Waals surface area contributed by atoms with Crippen molar-refractivity contribution in [3.05, 3.63) is 54.1 Å². The summed E-state index contributed by atoms with van der Waals surface area (Å²) in [6.45, 7) is 4.06. The third-order valence-corrected chi connectivity index (χ3v) is 6.05. The highest BCUT2D eigenvalue weighted by Gasteiger charge is 2.28. The summed E-state index contributed by atoms with van der Waals surface area (Å²) in [5.74, 6) is 1.10. The van der Waals surface area contributed by atoms with E-state index in [4.69, 9.17) is 0 Å². The first kappa shape index (κ1) is 18.4. The van der Waals surface area contributed by atoms with Crippen LogP contribution >= 0.6 is 0 Å². The summed E-state index contributed by atoms with van der Waals surface area (Å²) in [4.78, 5) is 8.63. The molecule has 3 rings (SSSR count). The molecule has 1 aliphatic heterocycles. The molecule has 1 atom stereocenters. The van der Waals surface area contributed by atoms with Crippen molar-refractivity contribution in [2.24, 2.45) is 4.99 Å². The molecule has 26 heavy (non-hydrogen) atoms. The number of aromatic nitrogens is 2. The van der Waals surface area contributed by atoms with Crippen molar-refractivity contribution in [3.63, 3.8) is 0 Å². The molecule has 1 aromatic heterocycles. The maximum absolute atomic E-state index is 11.6. The molecule has 0 saturated carbocycles. The SMILES string of the molecule is CCNC(=NCc1ccc(Cn2ccnc2)cc1)NC1CCS(=O)(=O)C1. The van der Waals surface area contributed by atoms with Gasteiger partial charge < -0.3 is 15.2 Å². The Morgan fingerprint density at radius 3 is 2.69 bits per heavy atom. The number of aliphatic imine (C=N–C) groups is 1. The zero-order valence-electron chi connectivity index (χ0n) is 14.9. The van der Waals surface area contributed by atoms with E-state index in [1.54, 1.807) is 12.5 Å². The van der Waals surface area contributed by atoms with Gasteiger partial charge in [0.2, 0.25) is 0 Å². The summed E-state index contributed by atoms with van der Waals surface area (Å²) < 4.78 is 25.2. The Morgan fingerprint density at radius 1 is 1.31 bits per heavy atom. The molecule has 140 valence electrons. The molecule has 0 spiro atoms. The van der Waals surface area contributed by atoms with E-state index in [0.29, 0.717) is 18.9 Å². The van der Waals surface area contributed by atoms with Crippen LogP contribution in [0.25, 0.3) is 0 Å². The number of hydrogen-bond acceptors (Lipinski definition) is 4. The lowest BCUT2D eigenvalue weighted by atomic mass is 10.1. The lowest BCUT2D eigenvalue weighted by Crippen LogP contribution is -2.44. The van der Waals surface area contributed by atoms with Gasteiger partial charge in [0, 0.05) is 31.5 Å². The van der Waals surface area contributed by atoms with Crippen molar-refractivity contribution in [3.8, 4) is 0 Å². The van der Waals surface area contributed by atoms with Gasteiger partial charge in [-0.25, -0.2) is 18.4 Å². The molecule has 0 radical (unpaired) electrons. The largest absolute Gasteiger partial charge is 0.357 e. The normalized spacial score (nSPS) is 19.4. The molecule has 1 fully saturated rings. The van der Waals surface area contributed by atoms with E-state index in [1.165, 1.54) is 5.56 Å². The molecule has 0 aliphatic carbocycles. The third-order valence-electron chi connectivity index (χ3n) is 4.28. The zero-order valence-corrected chi connectivity index (χ0v) is 15.7. The second-order valence-corrected chi connectivity index (χ2v) is 8.72. The van der Waals surface area contributed by atoms with Crippen LogP contribution in [0, 0.1) is 0 Å². The van der Waals surface area contributed by atoms with Crippen molar-refractivity contribution in [1.29, 1.82) is 0 Å². The van der Waals surface area contributed by atoms with Crippen LogP contribution < -0.4 is 10.6 Å². The third kappa shape index (κ3) is 5.32. The molecule has 2 heterocycles. The van der Waals surface area contributed by atoms with Gasteiger partial charge in [-0.15, -0.1) is 0 Å². The first-order valence-corrected chi connectivity index (χ1v) is 10.6. The minimum absolute atomic E-state index is 0.0599. The van der Waals surface area contributed by atoms with Crippen LogP contribution in [0.1, 0.15) is 24.5 Å². The number of sulfone groups is 1. The zero-order chi connectivity index (χ0) is 18.4. The van der Waals surface area contributed by atoms with E-state index in [2.05, 4.69) is 44.9 Å². The Hall–Kier alpha value is -2.35. The summed E-state index contributed by atoms with van der Waals surface area (Å²) in [5, 5.41) is 6.42. The molecule has 0 amide bonds. The van der Waals surface area contributed by atoms with Gasteiger partial charge in [-0.3, -0.25) is 0 Å². The number of rotatable bonds is 6. The van der Waals surface area contributed by atoms with Gasteiger partial charge in [0.05, 0.1) is 24.4 Å². The van der Waals surface area contributed by atoms with Gasteiger partial charge in [0.15, 0.2) is 15.8 Å². The molecular weight excluding hydrogens is 350 g/mol. The van der Waals surface area contributed by atoms with Gasteiger partial charge in [-0.2, -0.15) is 0 Å². The number of nitrogens with zero attached hydrogens (tertiary/aromatic N) is 3. The minimum Gasteiger partial charge on any atom is -0.357 e. The molecule has 8 heteroatoms. The van der Waals surface area contributed by atoms with Gasteiger partial charge in [-0.1, -0.05) is 24.3 Å². The van der Waals surface area contributed by atoms with Crippen molar-refractivity contribution in [2.45, 2.75) is 32.5 Å². The van der Waals surface area contributed by atoms with E-state index in [-0.39, 0.29) is 17.5 Å². The van der Waals surface area contributed by atoms with Crippen LogP contribution in [0.5, 0.6) is 0 Å². The summed E-state index contributed by atoms with van der Waals surface area (Å²) >= 11 is 0. The maximum atomic E-state index is 11.6. The lowest BCUT2D eigenvalue weighted by Gasteiger charge is -2.15. The standard InChI is InChI=1S/C18H25N5O2S/c1-2-20-18(22-17-7-10-26(24,25)13-17)21-11-15-3-5-16(6-4-15)12-23-9-8-19-14-23/h3-6,8-9,14,17H,2,7,10-13H2,1H3,(H2,20,21,22). The molecule has 1 saturated heterocycles. The lowest BCUT2D eigenvalue weighted by molar-refractivity contribution is 0.599. The number of guanidine groups is 1. The number of hydrogen-bond donors (Lipinski definition) is 2. The fraction of sp³-hybridized carbons (Fsp3) is 0.444. The minimum atomic E-state index is -2.90. The monoisotopic (exact) mass is 375 g/mol. The fourth-order valence-electron chi connectivity index (χ4n) is 2.93. The van der Waals surface area contributed by atoms with Gasteiger partial charge in [0.1, 0.15) is 0 Å². The topological polar surface area (TPSA) is 88.4 Å². The average Bonchev–Trinajstić information content (AvgIpc) is 3.23. The Labute approximate surface area is 154 Å². The number of imidazole rings is 1. The highest BCUT2D eigenvalue weighted by molar-refractivity contribution is 7.91. The van der Waals surface area contributed by atoms with Gasteiger partial charge in [0.25, 0.3) is 0 Å². The van der Waals surface area contributed by atoms with Crippen molar-refractivity contribution in [2.75, 3.05) is 18.1 Å². The highest BCUT2D eigenvalue weighted by atomic mass is 32.2. The Bertz CT molecular complexity index is 829. The molecule has 2 aromatic rings. The Morgan fingerprint density at radius 2 is 2.08 bits per heavy atom. The number of benzene rings is 1. The van der Waals surface area contributed by atoms with Gasteiger partial charge in [-0.05, 0) is 24.5 Å². The van der Waals surface area contributed by atoms with Crippen LogP contribution in [-0.4, -0.2) is 48.0 Å². The Balaban J connectivity index is 1.58. The first-order valence-electron chi connectivity index (χ1n) is 8.83. The van der Waals surface area contributed by atoms with Crippen LogP contribution in [-0.2, 0) is 22.9 Å². The summed E-state index contributed by atoms with van der Waals surface area (Å²) in [5.41, 5.74) is 2.31. The predicted molar refractivity (Wildman–Crippen MR) is 103 cm³/mol. The average molecular weight is 375 g/mol. The fourth-order valence-corrected chi connectivity index (χ4v) is 4.61. The smallest absolute Gasteiger partial charge is 0.191 e. The Kier molecular flexibility index (Phi) is 5.92. The molecular formula is C18H25N5O2S. The molecule has 7 nitrogen and oxygen atoms in total. The summed E-state index contributed by atoms with van der Waals surface area (Å²) in [6.07, 6.45) is 6.15. The molecule has 2 N–H and O–H groups in total. The number of nitrogens with one attached hydrogen (secondary N) is 2. The van der Waals surface area contributed by atoms with Crippen LogP contribution in [0.3, 0.4) is 0 Å². The van der Waals surface area contributed by atoms with Gasteiger partial charge >= 0.3 is 0 Å². The van der Waals surface area contributed by atoms with E-state index in [0.717, 1.165) is 18.7 Å². The summed E-state index contributed by atoms with van der Waals surface area (Å²) in [6, 6.07) is 8.26. The van der Waals surface area contributed by atoms with Crippen LogP contribution in [0.4, 0.5) is 0 Å². The predicted octanol–water partition coefficient (Wildman–Crippen LogP) is 1.17.